The molecule has 0 fully saturated rings. The minimum absolute atomic E-state index is 0.0677. The van der Waals surface area contributed by atoms with E-state index >= 15 is 0 Å². The Morgan fingerprint density at radius 3 is 2.55 bits per heavy atom. The molecule has 0 bridgehead atoms. The predicted octanol–water partition coefficient (Wildman–Crippen LogP) is 3.79. The van der Waals surface area contributed by atoms with Crippen molar-refractivity contribution in [2.45, 2.75) is 18.9 Å². The quantitative estimate of drug-likeness (QED) is 0.613. The molecule has 0 saturated carbocycles. The van der Waals surface area contributed by atoms with E-state index in [2.05, 4.69) is 28.2 Å². The van der Waals surface area contributed by atoms with Crippen LogP contribution in [-0.4, -0.2) is 34.3 Å². The number of carbonyl (C=O) groups is 1. The first kappa shape index (κ1) is 20.1. The fourth-order valence-electron chi connectivity index (χ4n) is 3.56. The Morgan fingerprint density at radius 1 is 1.16 bits per heavy atom. The lowest BCUT2D eigenvalue weighted by molar-refractivity contribution is 0.0690. The van der Waals surface area contributed by atoms with Crippen LogP contribution in [0.3, 0.4) is 0 Å². The maximum atomic E-state index is 11.1. The second kappa shape index (κ2) is 8.67. The highest BCUT2D eigenvalue weighted by atomic mass is 16.5. The molecule has 31 heavy (non-hydrogen) atoms. The summed E-state index contributed by atoms with van der Waals surface area (Å²) in [6.07, 6.45) is 4.44. The van der Waals surface area contributed by atoms with Gasteiger partial charge in [-0.2, -0.15) is 5.26 Å². The molecule has 1 aliphatic rings. The van der Waals surface area contributed by atoms with E-state index in [1.165, 1.54) is 23.4 Å². The largest absolute Gasteiger partial charge is 0.491 e. The standard InChI is InChI=1S/C24H19N3O4/c1-30-22-7-6-20(18(14-25)10-15-8-9-26-21(11-15)24(28)29)27-23(22)31-19-12-16-4-2-3-5-17(16)13-19/h2-11,19H,12-13H2,1H3,(H,28,29)/b18-10+. The third-order valence-corrected chi connectivity index (χ3v) is 5.05. The van der Waals surface area contributed by atoms with E-state index < -0.39 is 5.97 Å². The Hall–Kier alpha value is -4.18. The van der Waals surface area contributed by atoms with Crippen molar-refractivity contribution in [3.63, 3.8) is 0 Å². The lowest BCUT2D eigenvalue weighted by Crippen LogP contribution is -2.17. The molecule has 154 valence electrons. The number of aromatic carboxylic acids is 1. The van der Waals surface area contributed by atoms with E-state index in [0.29, 0.717) is 22.9 Å². The van der Waals surface area contributed by atoms with Crippen molar-refractivity contribution >= 4 is 17.6 Å². The molecule has 0 unspecified atom stereocenters. The van der Waals surface area contributed by atoms with Crippen LogP contribution in [0.4, 0.5) is 0 Å². The number of methoxy groups -OCH3 is 1. The Kier molecular flexibility index (Phi) is 5.63. The zero-order chi connectivity index (χ0) is 21.8. The first-order chi connectivity index (χ1) is 15.1. The van der Waals surface area contributed by atoms with Crippen LogP contribution in [0.1, 0.15) is 32.9 Å². The molecule has 1 aliphatic carbocycles. The predicted molar refractivity (Wildman–Crippen MR) is 114 cm³/mol. The summed E-state index contributed by atoms with van der Waals surface area (Å²) in [5, 5.41) is 18.8. The van der Waals surface area contributed by atoms with Crippen LogP contribution in [0.25, 0.3) is 11.6 Å². The van der Waals surface area contributed by atoms with Crippen LogP contribution in [0.15, 0.2) is 54.7 Å². The highest BCUT2D eigenvalue weighted by Gasteiger charge is 2.24. The SMILES string of the molecule is COc1ccc(/C(C#N)=C/c2ccnc(C(=O)O)c2)nc1OC1Cc2ccccc2C1. The van der Waals surface area contributed by atoms with Gasteiger partial charge in [-0.3, -0.25) is 0 Å². The van der Waals surface area contributed by atoms with E-state index in [1.807, 2.05) is 12.1 Å². The van der Waals surface area contributed by atoms with Crippen molar-refractivity contribution in [1.82, 2.24) is 9.97 Å². The Morgan fingerprint density at radius 2 is 1.90 bits per heavy atom. The maximum Gasteiger partial charge on any atom is 0.354 e. The van der Waals surface area contributed by atoms with Gasteiger partial charge >= 0.3 is 5.97 Å². The topological polar surface area (TPSA) is 105 Å². The number of nitriles is 1. The minimum Gasteiger partial charge on any atom is -0.491 e. The number of ether oxygens (including phenoxy) is 2. The molecule has 2 heterocycles. The Bertz CT molecular complexity index is 1190. The van der Waals surface area contributed by atoms with Crippen molar-refractivity contribution in [3.05, 3.63) is 82.8 Å². The average Bonchev–Trinajstić information content (AvgIpc) is 3.20. The van der Waals surface area contributed by atoms with Gasteiger partial charge in [-0.05, 0) is 47.0 Å². The first-order valence-electron chi connectivity index (χ1n) is 9.67. The highest BCUT2D eigenvalue weighted by molar-refractivity contribution is 5.90. The number of benzene rings is 1. The highest BCUT2D eigenvalue weighted by Crippen LogP contribution is 2.31. The summed E-state index contributed by atoms with van der Waals surface area (Å²) in [5.74, 6) is -0.335. The fourth-order valence-corrected chi connectivity index (χ4v) is 3.56. The first-order valence-corrected chi connectivity index (χ1v) is 9.67. The third kappa shape index (κ3) is 4.38. The summed E-state index contributed by atoms with van der Waals surface area (Å²) in [6, 6.07) is 16.7. The van der Waals surface area contributed by atoms with Gasteiger partial charge in [0, 0.05) is 19.0 Å². The summed E-state index contributed by atoms with van der Waals surface area (Å²) in [4.78, 5) is 19.5. The van der Waals surface area contributed by atoms with Crippen molar-refractivity contribution in [1.29, 1.82) is 5.26 Å². The van der Waals surface area contributed by atoms with Gasteiger partial charge in [0.25, 0.3) is 5.88 Å². The maximum absolute atomic E-state index is 11.1. The summed E-state index contributed by atoms with van der Waals surface area (Å²) < 4.78 is 11.6. The van der Waals surface area contributed by atoms with E-state index in [0.717, 1.165) is 12.8 Å². The molecule has 0 aliphatic heterocycles. The minimum atomic E-state index is -1.13. The number of rotatable bonds is 6. The zero-order valence-electron chi connectivity index (χ0n) is 16.8. The molecular weight excluding hydrogens is 394 g/mol. The smallest absolute Gasteiger partial charge is 0.354 e. The van der Waals surface area contributed by atoms with Gasteiger partial charge in [-0.15, -0.1) is 0 Å². The number of carboxylic acid groups (broad SMARTS) is 1. The molecule has 0 amide bonds. The number of nitrogens with zero attached hydrogens (tertiary/aromatic N) is 3. The van der Waals surface area contributed by atoms with Crippen LogP contribution in [0.2, 0.25) is 0 Å². The molecule has 4 rings (SSSR count). The number of fused-ring (bicyclic) bond motifs is 1. The van der Waals surface area contributed by atoms with Gasteiger partial charge < -0.3 is 14.6 Å². The van der Waals surface area contributed by atoms with Gasteiger partial charge in [0.2, 0.25) is 0 Å². The number of carboxylic acids is 1. The average molecular weight is 413 g/mol. The summed E-state index contributed by atoms with van der Waals surface area (Å²) in [6.45, 7) is 0. The molecule has 1 N–H and O–H groups in total. The molecule has 7 nitrogen and oxygen atoms in total. The van der Waals surface area contributed by atoms with Crippen molar-refractivity contribution in [2.24, 2.45) is 0 Å². The molecule has 3 aromatic rings. The normalized spacial score (nSPS) is 13.4. The van der Waals surface area contributed by atoms with Crippen molar-refractivity contribution in [3.8, 4) is 17.7 Å². The monoisotopic (exact) mass is 413 g/mol. The summed E-state index contributed by atoms with van der Waals surface area (Å²) in [5.41, 5.74) is 3.63. The Labute approximate surface area is 179 Å². The number of pyridine rings is 2. The van der Waals surface area contributed by atoms with Gasteiger partial charge in [0.15, 0.2) is 5.75 Å². The van der Waals surface area contributed by atoms with Crippen LogP contribution in [0.5, 0.6) is 11.6 Å². The van der Waals surface area contributed by atoms with Crippen LogP contribution < -0.4 is 9.47 Å². The van der Waals surface area contributed by atoms with Crippen LogP contribution in [-0.2, 0) is 12.8 Å². The van der Waals surface area contributed by atoms with Crippen LogP contribution >= 0.6 is 0 Å². The molecule has 7 heteroatoms. The molecule has 0 spiro atoms. The van der Waals surface area contributed by atoms with E-state index in [-0.39, 0.29) is 17.4 Å². The van der Waals surface area contributed by atoms with Gasteiger partial charge in [-0.1, -0.05) is 24.3 Å². The number of allylic oxidation sites excluding steroid dienone is 1. The van der Waals surface area contributed by atoms with Crippen LogP contribution in [0, 0.1) is 11.3 Å². The van der Waals surface area contributed by atoms with E-state index in [9.17, 15) is 10.1 Å². The summed E-state index contributed by atoms with van der Waals surface area (Å²) >= 11 is 0. The lowest BCUT2D eigenvalue weighted by atomic mass is 10.1. The fraction of sp³-hybridized carbons (Fsp3) is 0.167. The number of hydrogen-bond acceptors (Lipinski definition) is 6. The number of hydrogen-bond donors (Lipinski definition) is 1. The molecule has 0 radical (unpaired) electrons. The Balaban J connectivity index is 1.62. The zero-order valence-corrected chi connectivity index (χ0v) is 16.8. The molecule has 0 saturated heterocycles. The van der Waals surface area contributed by atoms with E-state index in [4.69, 9.17) is 14.6 Å². The second-order valence-electron chi connectivity index (χ2n) is 7.07. The van der Waals surface area contributed by atoms with Gasteiger partial charge in [0.1, 0.15) is 17.9 Å². The second-order valence-corrected chi connectivity index (χ2v) is 7.07. The third-order valence-electron chi connectivity index (χ3n) is 5.05. The summed E-state index contributed by atoms with van der Waals surface area (Å²) in [7, 11) is 1.54. The molecule has 1 aromatic carbocycles. The van der Waals surface area contributed by atoms with Crippen molar-refractivity contribution in [2.75, 3.05) is 7.11 Å². The number of aromatic nitrogens is 2. The molecule has 0 atom stereocenters. The lowest BCUT2D eigenvalue weighted by Gasteiger charge is -2.15. The molecule has 2 aromatic heterocycles. The van der Waals surface area contributed by atoms with Gasteiger partial charge in [-0.25, -0.2) is 14.8 Å². The van der Waals surface area contributed by atoms with Crippen molar-refractivity contribution < 1.29 is 19.4 Å². The van der Waals surface area contributed by atoms with Gasteiger partial charge in [0.05, 0.1) is 18.4 Å². The van der Waals surface area contributed by atoms with E-state index in [1.54, 1.807) is 31.4 Å². The molecular formula is C24H19N3O4.